The van der Waals surface area contributed by atoms with Gasteiger partial charge in [-0.15, -0.1) is 0 Å². The largest absolute Gasteiger partial charge is 0.416 e. The molecule has 1 aliphatic heterocycles. The quantitative estimate of drug-likeness (QED) is 0.483. The predicted molar refractivity (Wildman–Crippen MR) is 102 cm³/mol. The lowest BCUT2D eigenvalue weighted by atomic mass is 9.92. The number of nitrogens with one attached hydrogen (secondary N) is 1. The van der Waals surface area contributed by atoms with Gasteiger partial charge in [0.2, 0.25) is 0 Å². The van der Waals surface area contributed by atoms with Gasteiger partial charge in [-0.05, 0) is 49.4 Å². The molecule has 4 rings (SSSR count). The van der Waals surface area contributed by atoms with Crippen LogP contribution in [0.5, 0.6) is 0 Å². The van der Waals surface area contributed by atoms with Crippen LogP contribution in [0.25, 0.3) is 10.9 Å². The van der Waals surface area contributed by atoms with E-state index in [0.29, 0.717) is 64.5 Å². The third-order valence-electron chi connectivity index (χ3n) is 5.01. The molecule has 0 radical (unpaired) electrons. The number of alkyl halides is 3. The number of aromatic nitrogens is 3. The highest BCUT2D eigenvalue weighted by molar-refractivity contribution is 6.30. The molecule has 28 heavy (non-hydrogen) atoms. The van der Waals surface area contributed by atoms with E-state index >= 15 is 0 Å². The Morgan fingerprint density at radius 2 is 1.93 bits per heavy atom. The molecule has 0 unspecified atom stereocenters. The van der Waals surface area contributed by atoms with Gasteiger partial charge in [0.1, 0.15) is 16.8 Å². The molecule has 146 valence electrons. The summed E-state index contributed by atoms with van der Waals surface area (Å²) in [6, 6.07) is 5.67. The molecule has 0 aliphatic carbocycles. The van der Waals surface area contributed by atoms with Gasteiger partial charge in [0.05, 0.1) is 23.3 Å². The molecule has 1 aromatic carbocycles. The van der Waals surface area contributed by atoms with E-state index in [2.05, 4.69) is 20.3 Å². The van der Waals surface area contributed by atoms with Gasteiger partial charge in [-0.25, -0.2) is 15.0 Å². The number of halogens is 4. The molecule has 1 N–H and O–H groups in total. The first-order valence-electron chi connectivity index (χ1n) is 9.10. The van der Waals surface area contributed by atoms with Crippen molar-refractivity contribution in [2.24, 2.45) is 0 Å². The first-order chi connectivity index (χ1) is 13.3. The second-order valence-electron chi connectivity index (χ2n) is 6.96. The van der Waals surface area contributed by atoms with E-state index in [9.17, 15) is 13.2 Å². The Labute approximate surface area is 165 Å². The molecule has 0 amide bonds. The van der Waals surface area contributed by atoms with Crippen molar-refractivity contribution >= 4 is 28.3 Å². The summed E-state index contributed by atoms with van der Waals surface area (Å²) in [5.41, 5.74) is 1.08. The topological polar surface area (TPSA) is 50.7 Å². The molecular weight excluding hydrogens is 389 g/mol. The van der Waals surface area contributed by atoms with Crippen molar-refractivity contribution in [3.63, 3.8) is 0 Å². The highest BCUT2D eigenvalue weighted by Crippen LogP contribution is 2.37. The maximum absolute atomic E-state index is 13.6. The van der Waals surface area contributed by atoms with E-state index in [1.54, 1.807) is 18.3 Å². The normalized spacial score (nSPS) is 17.5. The van der Waals surface area contributed by atoms with Crippen molar-refractivity contribution in [2.75, 3.05) is 5.32 Å². The van der Waals surface area contributed by atoms with Crippen molar-refractivity contribution < 1.29 is 13.2 Å². The Morgan fingerprint density at radius 1 is 1.14 bits per heavy atom. The summed E-state index contributed by atoms with van der Waals surface area (Å²) >= 11 is 6.03. The number of aryl methyl sites for hydroxylation is 1. The van der Waals surface area contributed by atoms with E-state index in [4.69, 9.17) is 11.6 Å². The van der Waals surface area contributed by atoms with Crippen LogP contribution in [0.3, 0.4) is 0 Å². The van der Waals surface area contributed by atoms with Crippen LogP contribution in [0, 0.1) is 0 Å². The number of pyridine rings is 1. The van der Waals surface area contributed by atoms with Crippen LogP contribution >= 0.6 is 11.6 Å². The molecule has 1 aliphatic rings. The van der Waals surface area contributed by atoms with Crippen LogP contribution in [0.1, 0.15) is 48.3 Å². The van der Waals surface area contributed by atoms with Crippen LogP contribution in [0.4, 0.5) is 19.0 Å². The van der Waals surface area contributed by atoms with Gasteiger partial charge in [-0.2, -0.15) is 13.2 Å². The Bertz CT molecular complexity index is 1040. The number of hydrogen-bond acceptors (Lipinski definition) is 4. The first kappa shape index (κ1) is 18.9. The van der Waals surface area contributed by atoms with Crippen LogP contribution in [-0.4, -0.2) is 15.0 Å². The van der Waals surface area contributed by atoms with Crippen molar-refractivity contribution in [1.82, 2.24) is 15.0 Å². The molecule has 0 saturated heterocycles. The van der Waals surface area contributed by atoms with Gasteiger partial charge in [0.15, 0.2) is 0 Å². The van der Waals surface area contributed by atoms with Gasteiger partial charge in [0, 0.05) is 11.8 Å². The van der Waals surface area contributed by atoms with E-state index < -0.39 is 11.7 Å². The van der Waals surface area contributed by atoms with Crippen molar-refractivity contribution in [1.29, 1.82) is 0 Å². The smallest absolute Gasteiger partial charge is 0.363 e. The van der Waals surface area contributed by atoms with Crippen molar-refractivity contribution in [3.05, 3.63) is 58.1 Å². The Morgan fingerprint density at radius 3 is 2.71 bits per heavy atom. The summed E-state index contributed by atoms with van der Waals surface area (Å²) in [5.74, 6) is 1.20. The zero-order valence-corrected chi connectivity index (χ0v) is 15.9. The van der Waals surface area contributed by atoms with Gasteiger partial charge >= 0.3 is 6.18 Å². The summed E-state index contributed by atoms with van der Waals surface area (Å²) in [4.78, 5) is 13.2. The fourth-order valence-electron chi connectivity index (χ4n) is 3.70. The summed E-state index contributed by atoms with van der Waals surface area (Å²) in [5, 5.41) is 4.29. The predicted octanol–water partition coefficient (Wildman–Crippen LogP) is 5.75. The highest BCUT2D eigenvalue weighted by atomic mass is 35.5. The van der Waals surface area contributed by atoms with Crippen LogP contribution < -0.4 is 5.32 Å². The highest BCUT2D eigenvalue weighted by Gasteiger charge is 2.34. The Hall–Kier alpha value is -2.41. The van der Waals surface area contributed by atoms with Crippen molar-refractivity contribution in [3.8, 4) is 0 Å². The molecular formula is C20H18ClF3N4. The zero-order valence-electron chi connectivity index (χ0n) is 15.1. The van der Waals surface area contributed by atoms with E-state index in [1.165, 1.54) is 6.07 Å². The second-order valence-corrected chi connectivity index (χ2v) is 7.34. The standard InChI is InChI=1S/C20H18ClF3N4/c1-11-12-6-4-7-15(20(22,23)24)13(12)5-2-3-8-18-27-16-10-25-17(21)9-14(16)19(26-11)28-18/h4,6-7,9-11H,2-3,5,8H2,1H3,(H,26,27,28)/t11-/m1/s1. The SMILES string of the molecule is C[C@H]1Nc2nc(nc3cnc(Cl)cc23)CCCCc2c1cccc2C(F)(F)F. The van der Waals surface area contributed by atoms with Crippen LogP contribution in [0.15, 0.2) is 30.5 Å². The monoisotopic (exact) mass is 406 g/mol. The lowest BCUT2D eigenvalue weighted by Gasteiger charge is -2.22. The molecule has 8 heteroatoms. The lowest BCUT2D eigenvalue weighted by Crippen LogP contribution is -2.16. The van der Waals surface area contributed by atoms with Crippen molar-refractivity contribution in [2.45, 2.75) is 44.8 Å². The number of fused-ring (bicyclic) bond motifs is 5. The third-order valence-corrected chi connectivity index (χ3v) is 5.22. The van der Waals surface area contributed by atoms with E-state index in [-0.39, 0.29) is 6.04 Å². The fourth-order valence-corrected chi connectivity index (χ4v) is 3.86. The fraction of sp³-hybridized carbons (Fsp3) is 0.350. The number of rotatable bonds is 0. The summed E-state index contributed by atoms with van der Waals surface area (Å²) < 4.78 is 40.7. The Balaban J connectivity index is 1.86. The molecule has 3 aromatic rings. The van der Waals surface area contributed by atoms with Gasteiger partial charge < -0.3 is 5.32 Å². The molecule has 0 fully saturated rings. The molecule has 3 heterocycles. The second kappa shape index (κ2) is 7.20. The molecule has 4 nitrogen and oxygen atoms in total. The molecule has 2 aromatic heterocycles. The minimum Gasteiger partial charge on any atom is -0.363 e. The summed E-state index contributed by atoms with van der Waals surface area (Å²) in [6.45, 7) is 1.84. The summed E-state index contributed by atoms with van der Waals surface area (Å²) in [7, 11) is 0. The average Bonchev–Trinajstić information content (AvgIpc) is 2.66. The summed E-state index contributed by atoms with van der Waals surface area (Å²) in [6.07, 6.45) is -0.512. The molecule has 2 bridgehead atoms. The molecule has 1 atom stereocenters. The number of hydrogen-bond donors (Lipinski definition) is 1. The number of benzene rings is 1. The number of anilines is 1. The zero-order chi connectivity index (χ0) is 19.9. The average molecular weight is 407 g/mol. The first-order valence-corrected chi connectivity index (χ1v) is 9.48. The van der Waals surface area contributed by atoms with Gasteiger partial charge in [-0.3, -0.25) is 0 Å². The van der Waals surface area contributed by atoms with Gasteiger partial charge in [-0.1, -0.05) is 23.7 Å². The third kappa shape index (κ3) is 3.63. The van der Waals surface area contributed by atoms with E-state index in [0.717, 1.165) is 6.07 Å². The lowest BCUT2D eigenvalue weighted by molar-refractivity contribution is -0.138. The maximum Gasteiger partial charge on any atom is 0.416 e. The Kier molecular flexibility index (Phi) is 4.87. The number of nitrogens with zero attached hydrogens (tertiary/aromatic N) is 3. The minimum atomic E-state index is -4.38. The molecule has 0 saturated carbocycles. The maximum atomic E-state index is 13.6. The van der Waals surface area contributed by atoms with Crippen LogP contribution in [0.2, 0.25) is 5.15 Å². The van der Waals surface area contributed by atoms with Gasteiger partial charge in [0.25, 0.3) is 0 Å². The van der Waals surface area contributed by atoms with E-state index in [1.807, 2.05) is 6.92 Å². The minimum absolute atomic E-state index is 0.309. The molecule has 0 spiro atoms. The van der Waals surface area contributed by atoms with Crippen LogP contribution in [-0.2, 0) is 19.0 Å².